The third kappa shape index (κ3) is 3.59. The van der Waals surface area contributed by atoms with Gasteiger partial charge in [0.15, 0.2) is 5.82 Å². The van der Waals surface area contributed by atoms with Crippen molar-refractivity contribution in [2.45, 2.75) is 20.3 Å². The average Bonchev–Trinajstić information content (AvgIpc) is 2.96. The van der Waals surface area contributed by atoms with Crippen LogP contribution in [0.15, 0.2) is 52.8 Å². The minimum atomic E-state index is -0.374. The van der Waals surface area contributed by atoms with Gasteiger partial charge in [-0.25, -0.2) is 4.98 Å². The Balaban J connectivity index is 2.07. The molecule has 0 radical (unpaired) electrons. The third-order valence-electron chi connectivity index (χ3n) is 3.70. The maximum atomic E-state index is 11.9. The summed E-state index contributed by atoms with van der Waals surface area (Å²) in [5.74, 6) is 0.0750. The molecular weight excluding hydrogens is 330 g/mol. The summed E-state index contributed by atoms with van der Waals surface area (Å²) in [6, 6.07) is 12.8. The highest BCUT2D eigenvalue weighted by Crippen LogP contribution is 2.26. The van der Waals surface area contributed by atoms with E-state index in [0.717, 1.165) is 5.56 Å². The lowest BCUT2D eigenvalue weighted by atomic mass is 10.2. The summed E-state index contributed by atoms with van der Waals surface area (Å²) in [6.45, 7) is 4.01. The van der Waals surface area contributed by atoms with Crippen LogP contribution in [-0.2, 0) is 16.0 Å². The highest BCUT2D eigenvalue weighted by atomic mass is 16.5. The van der Waals surface area contributed by atoms with Gasteiger partial charge in [-0.05, 0) is 37.6 Å². The van der Waals surface area contributed by atoms with Gasteiger partial charge in [0.2, 0.25) is 0 Å². The van der Waals surface area contributed by atoms with Crippen molar-refractivity contribution in [3.8, 4) is 6.07 Å². The monoisotopic (exact) mass is 347 g/mol. The summed E-state index contributed by atoms with van der Waals surface area (Å²) < 4.78 is 6.80. The number of nitrogens with zero attached hydrogens (tertiary/aromatic N) is 5. The van der Waals surface area contributed by atoms with Crippen LogP contribution in [-0.4, -0.2) is 22.0 Å². The largest absolute Gasteiger partial charge is 0.466 e. The number of imidazole rings is 1. The van der Waals surface area contributed by atoms with Crippen LogP contribution in [0.5, 0.6) is 0 Å². The number of azo groups is 1. The molecule has 0 fully saturated rings. The minimum absolute atomic E-state index is 0.00280. The highest BCUT2D eigenvalue weighted by molar-refractivity contribution is 5.74. The molecule has 3 rings (SSSR count). The molecule has 2 aromatic heterocycles. The molecule has 3 aromatic rings. The number of rotatable bonds is 5. The van der Waals surface area contributed by atoms with Crippen molar-refractivity contribution in [3.05, 3.63) is 59.4 Å². The van der Waals surface area contributed by atoms with E-state index in [0.29, 0.717) is 35.0 Å². The Morgan fingerprint density at radius 2 is 2.08 bits per heavy atom. The van der Waals surface area contributed by atoms with Gasteiger partial charge in [-0.2, -0.15) is 5.26 Å². The van der Waals surface area contributed by atoms with Gasteiger partial charge in [0.05, 0.1) is 24.3 Å². The van der Waals surface area contributed by atoms with Crippen molar-refractivity contribution in [3.63, 3.8) is 0 Å². The molecule has 0 aliphatic rings. The molecule has 26 heavy (non-hydrogen) atoms. The fourth-order valence-electron chi connectivity index (χ4n) is 2.52. The Bertz CT molecular complexity index is 1030. The molecule has 0 aliphatic carbocycles. The van der Waals surface area contributed by atoms with Gasteiger partial charge in [-0.1, -0.05) is 18.2 Å². The van der Waals surface area contributed by atoms with E-state index in [-0.39, 0.29) is 12.4 Å². The van der Waals surface area contributed by atoms with Crippen LogP contribution >= 0.6 is 0 Å². The van der Waals surface area contributed by atoms with Crippen LogP contribution in [0.1, 0.15) is 23.7 Å². The third-order valence-corrected chi connectivity index (χ3v) is 3.70. The second-order valence-electron chi connectivity index (χ2n) is 5.63. The minimum Gasteiger partial charge on any atom is -0.466 e. The fourth-order valence-corrected chi connectivity index (χ4v) is 2.52. The van der Waals surface area contributed by atoms with Crippen molar-refractivity contribution < 1.29 is 9.53 Å². The van der Waals surface area contributed by atoms with E-state index in [1.807, 2.05) is 25.3 Å². The molecule has 0 unspecified atom stereocenters. The molecular formula is C19H17N5O2. The molecule has 130 valence electrons. The van der Waals surface area contributed by atoms with E-state index in [1.54, 1.807) is 35.6 Å². The van der Waals surface area contributed by atoms with E-state index < -0.39 is 0 Å². The Labute approximate surface area is 150 Å². The Morgan fingerprint density at radius 1 is 1.27 bits per heavy atom. The molecule has 1 aromatic carbocycles. The van der Waals surface area contributed by atoms with Crippen molar-refractivity contribution in [1.82, 2.24) is 9.38 Å². The molecule has 0 bridgehead atoms. The van der Waals surface area contributed by atoms with Gasteiger partial charge in [0.1, 0.15) is 17.4 Å². The normalized spacial score (nSPS) is 11.0. The smallest absolute Gasteiger partial charge is 0.312 e. The van der Waals surface area contributed by atoms with Crippen molar-refractivity contribution in [1.29, 1.82) is 5.26 Å². The summed E-state index contributed by atoms with van der Waals surface area (Å²) >= 11 is 0. The van der Waals surface area contributed by atoms with Crippen LogP contribution in [0.25, 0.3) is 5.65 Å². The second-order valence-corrected chi connectivity index (χ2v) is 5.63. The van der Waals surface area contributed by atoms with Crippen molar-refractivity contribution in [2.24, 2.45) is 10.2 Å². The number of nitriles is 1. The standard InChI is InChI=1S/C19H17N5O2/c1-3-26-18(25)10-16-19(24-12-13(2)8-9-17(24)21-16)23-22-15-7-5-4-6-14(15)11-20/h4-9,12H,3,10H2,1-2H3. The zero-order valence-electron chi connectivity index (χ0n) is 14.5. The van der Waals surface area contributed by atoms with E-state index in [9.17, 15) is 10.1 Å². The van der Waals surface area contributed by atoms with Gasteiger partial charge in [-0.3, -0.25) is 9.20 Å². The van der Waals surface area contributed by atoms with Crippen LogP contribution in [0, 0.1) is 18.3 Å². The summed E-state index contributed by atoms with van der Waals surface area (Å²) in [5.41, 5.74) is 3.05. The molecule has 0 saturated heterocycles. The lowest BCUT2D eigenvalue weighted by Crippen LogP contribution is -2.07. The second kappa shape index (κ2) is 7.57. The number of hydrogen-bond acceptors (Lipinski definition) is 6. The van der Waals surface area contributed by atoms with E-state index >= 15 is 0 Å². The van der Waals surface area contributed by atoms with Gasteiger partial charge in [-0.15, -0.1) is 10.2 Å². The topological polar surface area (TPSA) is 92.1 Å². The van der Waals surface area contributed by atoms with Gasteiger partial charge >= 0.3 is 5.97 Å². The SMILES string of the molecule is CCOC(=O)Cc1nc2ccc(C)cn2c1N=Nc1ccccc1C#N. The number of fused-ring (bicyclic) bond motifs is 1. The number of aromatic nitrogens is 2. The van der Waals surface area contributed by atoms with Crippen LogP contribution in [0.3, 0.4) is 0 Å². The lowest BCUT2D eigenvalue weighted by molar-refractivity contribution is -0.142. The number of esters is 1. The maximum absolute atomic E-state index is 11.9. The zero-order valence-corrected chi connectivity index (χ0v) is 14.5. The summed E-state index contributed by atoms with van der Waals surface area (Å²) in [6.07, 6.45) is 1.88. The number of aryl methyl sites for hydroxylation is 1. The van der Waals surface area contributed by atoms with Crippen molar-refractivity contribution in [2.75, 3.05) is 6.61 Å². The summed E-state index contributed by atoms with van der Waals surface area (Å²) in [5, 5.41) is 17.7. The summed E-state index contributed by atoms with van der Waals surface area (Å²) in [7, 11) is 0. The Hall–Kier alpha value is -3.53. The number of carbonyl (C=O) groups is 1. The fraction of sp³-hybridized carbons (Fsp3) is 0.211. The number of pyridine rings is 1. The number of ether oxygens (including phenoxy) is 1. The van der Waals surface area contributed by atoms with Crippen LogP contribution in [0.4, 0.5) is 11.5 Å². The number of benzene rings is 1. The first-order chi connectivity index (χ1) is 12.6. The Morgan fingerprint density at radius 3 is 2.85 bits per heavy atom. The molecule has 0 aliphatic heterocycles. The first-order valence-corrected chi connectivity index (χ1v) is 8.16. The zero-order chi connectivity index (χ0) is 18.5. The molecule has 7 nitrogen and oxygen atoms in total. The quantitative estimate of drug-likeness (QED) is 0.514. The molecule has 0 atom stereocenters. The molecule has 0 N–H and O–H groups in total. The molecule has 0 spiro atoms. The first-order valence-electron chi connectivity index (χ1n) is 8.16. The highest BCUT2D eigenvalue weighted by Gasteiger charge is 2.16. The van der Waals surface area contributed by atoms with Gasteiger partial charge < -0.3 is 4.74 Å². The average molecular weight is 347 g/mol. The van der Waals surface area contributed by atoms with E-state index in [4.69, 9.17) is 4.74 Å². The number of carbonyl (C=O) groups excluding carboxylic acids is 1. The molecule has 7 heteroatoms. The molecule has 2 heterocycles. The number of hydrogen-bond donors (Lipinski definition) is 0. The van der Waals surface area contributed by atoms with Gasteiger partial charge in [0.25, 0.3) is 0 Å². The molecule has 0 amide bonds. The van der Waals surface area contributed by atoms with Crippen molar-refractivity contribution >= 4 is 23.1 Å². The predicted molar refractivity (Wildman–Crippen MR) is 95.6 cm³/mol. The Kier molecular flexibility index (Phi) is 5.04. The van der Waals surface area contributed by atoms with Crippen LogP contribution < -0.4 is 0 Å². The maximum Gasteiger partial charge on any atom is 0.312 e. The van der Waals surface area contributed by atoms with E-state index in [2.05, 4.69) is 21.3 Å². The summed E-state index contributed by atoms with van der Waals surface area (Å²) in [4.78, 5) is 16.4. The molecule has 0 saturated carbocycles. The lowest BCUT2D eigenvalue weighted by Gasteiger charge is -2.01. The van der Waals surface area contributed by atoms with E-state index in [1.165, 1.54) is 0 Å². The predicted octanol–water partition coefficient (Wildman–Crippen LogP) is 4.04. The van der Waals surface area contributed by atoms with Gasteiger partial charge in [0, 0.05) is 6.20 Å². The first kappa shape index (κ1) is 17.3. The van der Waals surface area contributed by atoms with Crippen LogP contribution in [0.2, 0.25) is 0 Å².